The van der Waals surface area contributed by atoms with Crippen LogP contribution in [0.1, 0.15) is 32.6 Å². The van der Waals surface area contributed by atoms with Gasteiger partial charge in [0.2, 0.25) is 0 Å². The highest BCUT2D eigenvalue weighted by Crippen LogP contribution is 2.32. The number of ether oxygens (including phenoxy) is 1. The van der Waals surface area contributed by atoms with Gasteiger partial charge in [-0.05, 0) is 43.0 Å². The number of hydrogen-bond donors (Lipinski definition) is 1. The quantitative estimate of drug-likeness (QED) is 0.755. The maximum atomic E-state index is 5.54. The molecule has 0 aliphatic heterocycles. The van der Waals surface area contributed by atoms with E-state index in [2.05, 4.69) is 24.4 Å². The van der Waals surface area contributed by atoms with E-state index in [1.54, 1.807) is 0 Å². The van der Waals surface area contributed by atoms with E-state index in [1.807, 2.05) is 12.1 Å². The zero-order valence-corrected chi connectivity index (χ0v) is 10.0. The molecule has 1 aliphatic carbocycles. The predicted octanol–water partition coefficient (Wildman–Crippen LogP) is 3.69. The van der Waals surface area contributed by atoms with E-state index in [4.69, 9.17) is 4.74 Å². The second kappa shape index (κ2) is 5.78. The molecule has 0 heterocycles. The first kappa shape index (κ1) is 11.3. The molecule has 1 fully saturated rings. The molecule has 0 saturated heterocycles. The van der Waals surface area contributed by atoms with Crippen molar-refractivity contribution < 1.29 is 4.74 Å². The summed E-state index contributed by atoms with van der Waals surface area (Å²) in [5.74, 6) is 1.97. The molecule has 88 valence electrons. The van der Waals surface area contributed by atoms with Gasteiger partial charge < -0.3 is 10.1 Å². The summed E-state index contributed by atoms with van der Waals surface area (Å²) >= 11 is 0. The third kappa shape index (κ3) is 3.76. The van der Waals surface area contributed by atoms with Crippen LogP contribution in [-0.4, -0.2) is 13.2 Å². The third-order valence-electron chi connectivity index (χ3n) is 2.91. The van der Waals surface area contributed by atoms with Crippen LogP contribution in [0.5, 0.6) is 5.75 Å². The molecule has 1 saturated carbocycles. The summed E-state index contributed by atoms with van der Waals surface area (Å²) in [5, 5.41) is 3.44. The van der Waals surface area contributed by atoms with E-state index in [-0.39, 0.29) is 0 Å². The lowest BCUT2D eigenvalue weighted by Gasteiger charge is -2.08. The van der Waals surface area contributed by atoms with Gasteiger partial charge in [0.15, 0.2) is 0 Å². The van der Waals surface area contributed by atoms with Crippen LogP contribution in [-0.2, 0) is 0 Å². The zero-order chi connectivity index (χ0) is 11.2. The van der Waals surface area contributed by atoms with Gasteiger partial charge in [0.05, 0.1) is 6.61 Å². The summed E-state index contributed by atoms with van der Waals surface area (Å²) in [6.07, 6.45) is 5.24. The Bertz CT molecular complexity index is 303. The molecular weight excluding hydrogens is 198 g/mol. The van der Waals surface area contributed by atoms with Gasteiger partial charge in [0.25, 0.3) is 0 Å². The van der Waals surface area contributed by atoms with Crippen molar-refractivity contribution in [3.05, 3.63) is 24.3 Å². The highest BCUT2D eigenvalue weighted by Gasteiger charge is 2.19. The summed E-state index contributed by atoms with van der Waals surface area (Å²) in [6.45, 7) is 4.02. The van der Waals surface area contributed by atoms with Crippen LogP contribution in [0.3, 0.4) is 0 Å². The Morgan fingerprint density at radius 2 is 2.00 bits per heavy atom. The van der Waals surface area contributed by atoms with Gasteiger partial charge in [-0.2, -0.15) is 0 Å². The maximum absolute atomic E-state index is 5.54. The van der Waals surface area contributed by atoms with Crippen molar-refractivity contribution >= 4 is 5.69 Å². The Kier molecular flexibility index (Phi) is 4.09. The first-order valence-electron chi connectivity index (χ1n) is 6.35. The fraction of sp³-hybridized carbons (Fsp3) is 0.571. The highest BCUT2D eigenvalue weighted by atomic mass is 16.5. The normalized spacial score (nSPS) is 14.8. The van der Waals surface area contributed by atoms with Gasteiger partial charge in [-0.1, -0.05) is 19.8 Å². The lowest BCUT2D eigenvalue weighted by molar-refractivity contribution is 0.317. The Labute approximate surface area is 98.0 Å². The summed E-state index contributed by atoms with van der Waals surface area (Å²) in [5.41, 5.74) is 1.20. The molecule has 16 heavy (non-hydrogen) atoms. The summed E-state index contributed by atoms with van der Waals surface area (Å²) in [7, 11) is 0. The van der Waals surface area contributed by atoms with Crippen LogP contribution in [0.2, 0.25) is 0 Å². The van der Waals surface area contributed by atoms with Crippen molar-refractivity contribution in [3.63, 3.8) is 0 Å². The van der Waals surface area contributed by atoms with Crippen LogP contribution in [0.4, 0.5) is 5.69 Å². The summed E-state index contributed by atoms with van der Waals surface area (Å²) in [4.78, 5) is 0. The molecule has 1 aromatic rings. The van der Waals surface area contributed by atoms with Crippen LogP contribution in [0.15, 0.2) is 24.3 Å². The topological polar surface area (TPSA) is 21.3 Å². The number of benzene rings is 1. The van der Waals surface area contributed by atoms with Gasteiger partial charge >= 0.3 is 0 Å². The summed E-state index contributed by atoms with van der Waals surface area (Å²) < 4.78 is 5.54. The first-order chi connectivity index (χ1) is 7.88. The zero-order valence-electron chi connectivity index (χ0n) is 10.0. The smallest absolute Gasteiger partial charge is 0.119 e. The molecule has 0 aromatic heterocycles. The Balaban J connectivity index is 1.72. The second-order valence-electron chi connectivity index (χ2n) is 4.53. The molecule has 0 radical (unpaired) electrons. The van der Waals surface area contributed by atoms with E-state index >= 15 is 0 Å². The van der Waals surface area contributed by atoms with Crippen molar-refractivity contribution in [2.24, 2.45) is 5.92 Å². The molecular formula is C14H21NO. The highest BCUT2D eigenvalue weighted by molar-refractivity contribution is 5.46. The minimum absolute atomic E-state index is 0.800. The van der Waals surface area contributed by atoms with Gasteiger partial charge in [0, 0.05) is 12.2 Å². The molecule has 2 rings (SSSR count). The fourth-order valence-corrected chi connectivity index (χ4v) is 1.72. The van der Waals surface area contributed by atoms with Crippen molar-refractivity contribution in [1.29, 1.82) is 0 Å². The molecule has 0 amide bonds. The van der Waals surface area contributed by atoms with E-state index in [0.717, 1.165) is 31.2 Å². The molecule has 1 aromatic carbocycles. The Morgan fingerprint density at radius 3 is 2.62 bits per heavy atom. The lowest BCUT2D eigenvalue weighted by Crippen LogP contribution is -2.02. The maximum Gasteiger partial charge on any atom is 0.119 e. The monoisotopic (exact) mass is 219 g/mol. The van der Waals surface area contributed by atoms with Gasteiger partial charge in [0.1, 0.15) is 5.75 Å². The number of nitrogens with one attached hydrogen (secondary N) is 1. The molecule has 1 N–H and O–H groups in total. The van der Waals surface area contributed by atoms with Gasteiger partial charge in [-0.15, -0.1) is 0 Å². The standard InChI is InChI=1S/C14H21NO/c1-2-11-16-14-7-5-13(6-8-14)15-10-9-12-3-4-12/h5-8,12,15H,2-4,9-11H2,1H3. The molecule has 0 unspecified atom stereocenters. The van der Waals surface area contributed by atoms with Crippen molar-refractivity contribution in [1.82, 2.24) is 0 Å². The molecule has 2 nitrogen and oxygen atoms in total. The van der Waals surface area contributed by atoms with Crippen molar-refractivity contribution in [2.75, 3.05) is 18.5 Å². The van der Waals surface area contributed by atoms with Crippen molar-refractivity contribution in [3.8, 4) is 5.75 Å². The summed E-state index contributed by atoms with van der Waals surface area (Å²) in [6, 6.07) is 8.26. The molecule has 0 spiro atoms. The second-order valence-corrected chi connectivity index (χ2v) is 4.53. The van der Waals surface area contributed by atoms with Crippen LogP contribution < -0.4 is 10.1 Å². The molecule has 2 heteroatoms. The van der Waals surface area contributed by atoms with E-state index < -0.39 is 0 Å². The number of hydrogen-bond acceptors (Lipinski definition) is 2. The number of rotatable bonds is 7. The Hall–Kier alpha value is -1.18. The van der Waals surface area contributed by atoms with Crippen LogP contribution in [0, 0.1) is 5.92 Å². The molecule has 1 aliphatic rings. The third-order valence-corrected chi connectivity index (χ3v) is 2.91. The average Bonchev–Trinajstić information content (AvgIpc) is 3.12. The van der Waals surface area contributed by atoms with Gasteiger partial charge in [-0.3, -0.25) is 0 Å². The molecule has 0 bridgehead atoms. The van der Waals surface area contributed by atoms with Crippen LogP contribution in [0.25, 0.3) is 0 Å². The predicted molar refractivity (Wildman–Crippen MR) is 68.1 cm³/mol. The van der Waals surface area contributed by atoms with Crippen LogP contribution >= 0.6 is 0 Å². The average molecular weight is 219 g/mol. The van der Waals surface area contributed by atoms with Crippen molar-refractivity contribution in [2.45, 2.75) is 32.6 Å². The Morgan fingerprint density at radius 1 is 1.25 bits per heavy atom. The van der Waals surface area contributed by atoms with Gasteiger partial charge in [-0.25, -0.2) is 0 Å². The van der Waals surface area contributed by atoms with E-state index in [9.17, 15) is 0 Å². The minimum Gasteiger partial charge on any atom is -0.494 e. The minimum atomic E-state index is 0.800. The van der Waals surface area contributed by atoms with E-state index in [0.29, 0.717) is 0 Å². The largest absolute Gasteiger partial charge is 0.494 e. The lowest BCUT2D eigenvalue weighted by atomic mass is 10.2. The number of anilines is 1. The molecule has 0 atom stereocenters. The first-order valence-corrected chi connectivity index (χ1v) is 6.35. The fourth-order valence-electron chi connectivity index (χ4n) is 1.72. The SMILES string of the molecule is CCCOc1ccc(NCCC2CC2)cc1. The van der Waals surface area contributed by atoms with E-state index in [1.165, 1.54) is 24.9 Å².